The van der Waals surface area contributed by atoms with Gasteiger partial charge in [-0.3, -0.25) is 18.7 Å². The van der Waals surface area contributed by atoms with Crippen molar-refractivity contribution < 1.29 is 4.79 Å². The number of thiophene rings is 1. The van der Waals surface area contributed by atoms with Gasteiger partial charge in [-0.05, 0) is 22.4 Å². The molecule has 7 heteroatoms. The number of hydrogen-bond donors (Lipinski definition) is 1. The van der Waals surface area contributed by atoms with Crippen LogP contribution in [0.3, 0.4) is 0 Å². The van der Waals surface area contributed by atoms with Crippen molar-refractivity contribution in [1.82, 2.24) is 9.13 Å². The van der Waals surface area contributed by atoms with E-state index in [1.807, 2.05) is 35.0 Å². The van der Waals surface area contributed by atoms with E-state index in [1.54, 1.807) is 13.1 Å². The highest BCUT2D eigenvalue weighted by atomic mass is 32.1. The van der Waals surface area contributed by atoms with Gasteiger partial charge in [-0.25, -0.2) is 4.79 Å². The van der Waals surface area contributed by atoms with Gasteiger partial charge in [0.25, 0.3) is 5.56 Å². The second kappa shape index (κ2) is 5.40. The molecule has 0 radical (unpaired) electrons. The first-order valence-electron chi connectivity index (χ1n) is 8.48. The van der Waals surface area contributed by atoms with Crippen LogP contribution in [0.2, 0.25) is 0 Å². The number of rotatable bonds is 1. The summed E-state index contributed by atoms with van der Waals surface area (Å²) < 4.78 is 2.53. The molecule has 0 saturated heterocycles. The summed E-state index contributed by atoms with van der Waals surface area (Å²) in [6.07, 6.45) is 0. The van der Waals surface area contributed by atoms with Gasteiger partial charge >= 0.3 is 5.69 Å². The SMILES string of the molecule is Cn1c2c(c(=O)n(C)c1=O)[C@H](c1ccsc1)C1=C(N2)c2ccccc2C1=O. The van der Waals surface area contributed by atoms with Gasteiger partial charge in [-0.2, -0.15) is 11.3 Å². The second-order valence-electron chi connectivity index (χ2n) is 6.75. The van der Waals surface area contributed by atoms with Gasteiger partial charge in [0.1, 0.15) is 5.82 Å². The van der Waals surface area contributed by atoms with Gasteiger partial charge < -0.3 is 5.32 Å². The molecule has 134 valence electrons. The Morgan fingerprint density at radius 2 is 1.74 bits per heavy atom. The van der Waals surface area contributed by atoms with Crippen molar-refractivity contribution in [3.63, 3.8) is 0 Å². The monoisotopic (exact) mass is 377 g/mol. The molecule has 1 atom stereocenters. The summed E-state index contributed by atoms with van der Waals surface area (Å²) >= 11 is 1.51. The predicted molar refractivity (Wildman–Crippen MR) is 104 cm³/mol. The first kappa shape index (κ1) is 16.0. The molecule has 6 nitrogen and oxygen atoms in total. The molecule has 1 N–H and O–H groups in total. The van der Waals surface area contributed by atoms with Crippen LogP contribution in [-0.4, -0.2) is 14.9 Å². The summed E-state index contributed by atoms with van der Waals surface area (Å²) in [5.74, 6) is -0.138. The molecule has 1 aromatic carbocycles. The van der Waals surface area contributed by atoms with Crippen molar-refractivity contribution in [2.45, 2.75) is 5.92 Å². The van der Waals surface area contributed by atoms with E-state index in [4.69, 9.17) is 0 Å². The average Bonchev–Trinajstić information content (AvgIpc) is 3.31. The highest BCUT2D eigenvalue weighted by Crippen LogP contribution is 2.47. The number of Topliss-reactive ketones (excluding diaryl/α,β-unsaturated/α-hetero) is 1. The van der Waals surface area contributed by atoms with Crippen molar-refractivity contribution >= 4 is 28.6 Å². The zero-order valence-corrected chi connectivity index (χ0v) is 15.5. The standard InChI is InChI=1S/C20H15N3O3S/c1-22-18-15(19(25)23(2)20(22)26)13(10-7-8-27-9-10)14-16(21-18)11-5-3-4-6-12(11)17(14)24/h3-9,13,21H,1-2H3/t13-/m1/s1. The minimum Gasteiger partial charge on any atom is -0.340 e. The van der Waals surface area contributed by atoms with Gasteiger partial charge in [0.15, 0.2) is 5.78 Å². The number of benzene rings is 1. The average molecular weight is 377 g/mol. The Labute approximate surface area is 158 Å². The Bertz CT molecular complexity index is 1280. The molecule has 0 amide bonds. The Kier molecular flexibility index (Phi) is 3.21. The number of nitrogens with one attached hydrogen (secondary N) is 1. The van der Waals surface area contributed by atoms with Crippen LogP contribution >= 0.6 is 11.3 Å². The van der Waals surface area contributed by atoms with Gasteiger partial charge in [-0.1, -0.05) is 24.3 Å². The van der Waals surface area contributed by atoms with Crippen LogP contribution < -0.4 is 16.6 Å². The van der Waals surface area contributed by atoms with Crippen LogP contribution in [0.25, 0.3) is 5.70 Å². The second-order valence-corrected chi connectivity index (χ2v) is 7.53. The molecule has 1 aliphatic heterocycles. The number of aromatic nitrogens is 2. The maximum absolute atomic E-state index is 13.2. The van der Waals surface area contributed by atoms with Gasteiger partial charge in [0, 0.05) is 36.7 Å². The molecular formula is C20H15N3O3S. The minimum atomic E-state index is -0.507. The van der Waals surface area contributed by atoms with Crippen molar-refractivity contribution in [2.24, 2.45) is 14.1 Å². The maximum atomic E-state index is 13.2. The number of carbonyl (C=O) groups excluding carboxylic acids is 1. The van der Waals surface area contributed by atoms with E-state index in [0.29, 0.717) is 28.2 Å². The van der Waals surface area contributed by atoms with E-state index in [-0.39, 0.29) is 11.3 Å². The first-order valence-corrected chi connectivity index (χ1v) is 9.42. The van der Waals surface area contributed by atoms with E-state index >= 15 is 0 Å². The summed E-state index contributed by atoms with van der Waals surface area (Å²) in [6, 6.07) is 9.32. The van der Waals surface area contributed by atoms with Crippen molar-refractivity contribution in [1.29, 1.82) is 0 Å². The fourth-order valence-corrected chi connectivity index (χ4v) is 4.72. The number of allylic oxidation sites excluding steroid dienone is 1. The molecule has 3 aromatic rings. The molecule has 0 fully saturated rings. The fourth-order valence-electron chi connectivity index (χ4n) is 4.03. The Morgan fingerprint density at radius 3 is 2.44 bits per heavy atom. The van der Waals surface area contributed by atoms with Gasteiger partial charge in [0.05, 0.1) is 11.3 Å². The smallest absolute Gasteiger partial charge is 0.332 e. The lowest BCUT2D eigenvalue weighted by atomic mass is 9.83. The summed E-state index contributed by atoms with van der Waals surface area (Å²) in [6.45, 7) is 0. The molecular weight excluding hydrogens is 362 g/mol. The van der Waals surface area contributed by atoms with Crippen LogP contribution in [0.4, 0.5) is 5.82 Å². The van der Waals surface area contributed by atoms with E-state index in [2.05, 4.69) is 5.32 Å². The molecule has 3 heterocycles. The van der Waals surface area contributed by atoms with Crippen LogP contribution in [0.1, 0.15) is 33.0 Å². The quantitative estimate of drug-likeness (QED) is 0.706. The zero-order chi connectivity index (χ0) is 18.9. The summed E-state index contributed by atoms with van der Waals surface area (Å²) in [5.41, 5.74) is 3.19. The molecule has 2 aliphatic rings. The van der Waals surface area contributed by atoms with Crippen molar-refractivity contribution in [2.75, 3.05) is 5.32 Å². The topological polar surface area (TPSA) is 73.1 Å². The van der Waals surface area contributed by atoms with E-state index in [1.165, 1.54) is 23.0 Å². The predicted octanol–water partition coefficient (Wildman–Crippen LogP) is 2.31. The maximum Gasteiger partial charge on any atom is 0.332 e. The minimum absolute atomic E-state index is 0.0779. The van der Waals surface area contributed by atoms with Crippen LogP contribution in [0, 0.1) is 0 Å². The summed E-state index contributed by atoms with van der Waals surface area (Å²) in [4.78, 5) is 38.7. The number of carbonyl (C=O) groups is 1. The molecule has 27 heavy (non-hydrogen) atoms. The largest absolute Gasteiger partial charge is 0.340 e. The number of anilines is 1. The molecule has 1 aliphatic carbocycles. The Hall–Kier alpha value is -3.19. The normalized spacial score (nSPS) is 17.4. The van der Waals surface area contributed by atoms with E-state index in [0.717, 1.165) is 15.7 Å². The third-order valence-corrected chi connectivity index (χ3v) is 6.05. The lowest BCUT2D eigenvalue weighted by Gasteiger charge is -2.29. The lowest BCUT2D eigenvalue weighted by Crippen LogP contribution is -2.42. The molecule has 5 rings (SSSR count). The van der Waals surface area contributed by atoms with Crippen molar-refractivity contribution in [3.8, 4) is 0 Å². The van der Waals surface area contributed by atoms with Crippen molar-refractivity contribution in [3.05, 3.63) is 89.8 Å². The van der Waals surface area contributed by atoms with E-state index < -0.39 is 11.6 Å². The Balaban J connectivity index is 1.90. The highest BCUT2D eigenvalue weighted by Gasteiger charge is 2.42. The highest BCUT2D eigenvalue weighted by molar-refractivity contribution is 7.08. The van der Waals surface area contributed by atoms with Gasteiger partial charge in [0.2, 0.25) is 0 Å². The van der Waals surface area contributed by atoms with Crippen LogP contribution in [0.5, 0.6) is 0 Å². The summed E-state index contributed by atoms with van der Waals surface area (Å²) in [5, 5.41) is 7.10. The van der Waals surface area contributed by atoms with E-state index in [9.17, 15) is 14.4 Å². The zero-order valence-electron chi connectivity index (χ0n) is 14.6. The Morgan fingerprint density at radius 1 is 1.00 bits per heavy atom. The number of ketones is 1. The van der Waals surface area contributed by atoms with Crippen LogP contribution in [-0.2, 0) is 14.1 Å². The number of hydrogen-bond acceptors (Lipinski definition) is 5. The lowest BCUT2D eigenvalue weighted by molar-refractivity contribution is 0.103. The number of fused-ring (bicyclic) bond motifs is 3. The molecule has 0 unspecified atom stereocenters. The van der Waals surface area contributed by atoms with Gasteiger partial charge in [-0.15, -0.1) is 0 Å². The van der Waals surface area contributed by atoms with Crippen LogP contribution in [0.15, 0.2) is 56.3 Å². The third-order valence-electron chi connectivity index (χ3n) is 5.35. The summed E-state index contributed by atoms with van der Waals surface area (Å²) in [7, 11) is 3.09. The molecule has 0 saturated carbocycles. The molecule has 2 aromatic heterocycles. The first-order chi connectivity index (χ1) is 13.0. The molecule has 0 spiro atoms. The fraction of sp³-hybridized carbons (Fsp3) is 0.150. The number of nitrogens with zero attached hydrogens (tertiary/aromatic N) is 2. The third kappa shape index (κ3) is 1.97. The molecule has 0 bridgehead atoms.